The first-order valence-corrected chi connectivity index (χ1v) is 11.0. The minimum atomic E-state index is -0.658. The lowest BCUT2D eigenvalue weighted by atomic mass is 9.85. The Morgan fingerprint density at radius 2 is 1.89 bits per heavy atom. The maximum Gasteiger partial charge on any atom is 0.312 e. The molecule has 0 saturated carbocycles. The van der Waals surface area contributed by atoms with Gasteiger partial charge in [-0.2, -0.15) is 0 Å². The number of benzene rings is 2. The summed E-state index contributed by atoms with van der Waals surface area (Å²) in [5.74, 6) is 1.01. The van der Waals surface area contributed by atoms with Crippen molar-refractivity contribution in [3.8, 4) is 17.2 Å². The van der Waals surface area contributed by atoms with Crippen molar-refractivity contribution in [3.63, 3.8) is 0 Å². The van der Waals surface area contributed by atoms with Crippen LogP contribution in [0.15, 0.2) is 63.5 Å². The Morgan fingerprint density at radius 3 is 2.66 bits per heavy atom. The van der Waals surface area contributed by atoms with Crippen molar-refractivity contribution in [3.05, 3.63) is 92.9 Å². The molecule has 1 N–H and O–H groups in total. The average molecular weight is 469 g/mol. The van der Waals surface area contributed by atoms with Gasteiger partial charge in [0.2, 0.25) is 5.78 Å². The number of ether oxygens (including phenoxy) is 3. The monoisotopic (exact) mass is 469 g/mol. The number of ketones is 1. The standard InChI is InChI=1S/C27H19NO7/c1-13-3-5-16(33-13)11-22-25(30)17-7-8-21-24(26(17)35-22)18(12-23(29)34-21)19-9-14-4-6-15(32-2)10-20(14)28-27(19)31/h3-11,18H,12H2,1-2H3,(H,28,31)/b22-11-/t18-/m0/s1. The molecule has 0 radical (unpaired) electrons. The third kappa shape index (κ3) is 3.42. The van der Waals surface area contributed by atoms with E-state index in [0.29, 0.717) is 39.5 Å². The number of fused-ring (bicyclic) bond motifs is 4. The van der Waals surface area contributed by atoms with E-state index < -0.39 is 11.9 Å². The van der Waals surface area contributed by atoms with Crippen molar-refractivity contribution in [2.24, 2.45) is 0 Å². The molecule has 4 aromatic rings. The Hall–Kier alpha value is -4.59. The Labute approximate surface area is 198 Å². The number of hydrogen-bond acceptors (Lipinski definition) is 7. The van der Waals surface area contributed by atoms with Crippen LogP contribution >= 0.6 is 0 Å². The Balaban J connectivity index is 1.49. The highest BCUT2D eigenvalue weighted by Gasteiger charge is 2.39. The number of carbonyl (C=O) groups is 2. The lowest BCUT2D eigenvalue weighted by molar-refractivity contribution is -0.135. The number of rotatable bonds is 3. The summed E-state index contributed by atoms with van der Waals surface area (Å²) in [5, 5.41) is 0.777. The van der Waals surface area contributed by atoms with E-state index in [1.807, 2.05) is 6.07 Å². The third-order valence-electron chi connectivity index (χ3n) is 6.27. The molecule has 8 nitrogen and oxygen atoms in total. The van der Waals surface area contributed by atoms with E-state index in [1.54, 1.807) is 56.5 Å². The number of furan rings is 1. The third-order valence-corrected chi connectivity index (χ3v) is 6.27. The molecule has 2 aromatic heterocycles. The van der Waals surface area contributed by atoms with E-state index >= 15 is 0 Å². The van der Waals surface area contributed by atoms with Gasteiger partial charge in [0.05, 0.1) is 24.6 Å². The van der Waals surface area contributed by atoms with Crippen LogP contribution in [0.4, 0.5) is 0 Å². The number of Topliss-reactive ketones (excluding diaryl/α,β-unsaturated/α-hetero) is 1. The second kappa shape index (κ2) is 7.73. The fraction of sp³-hybridized carbons (Fsp3) is 0.148. The normalized spacial score (nSPS) is 17.8. The number of aromatic amines is 1. The molecule has 0 bridgehead atoms. The molecule has 0 saturated heterocycles. The minimum absolute atomic E-state index is 0.0673. The van der Waals surface area contributed by atoms with Crippen LogP contribution in [0.5, 0.6) is 17.2 Å². The van der Waals surface area contributed by atoms with Crippen LogP contribution in [0.25, 0.3) is 17.0 Å². The highest BCUT2D eigenvalue weighted by Crippen LogP contribution is 2.48. The quantitative estimate of drug-likeness (QED) is 0.267. The van der Waals surface area contributed by atoms with Gasteiger partial charge in [-0.15, -0.1) is 0 Å². The van der Waals surface area contributed by atoms with Gasteiger partial charge in [0.15, 0.2) is 5.76 Å². The molecule has 0 fully saturated rings. The van der Waals surface area contributed by atoms with Crippen molar-refractivity contribution in [1.29, 1.82) is 0 Å². The number of nitrogens with one attached hydrogen (secondary N) is 1. The summed E-state index contributed by atoms with van der Waals surface area (Å²) in [6.07, 6.45) is 1.46. The highest BCUT2D eigenvalue weighted by atomic mass is 16.5. The summed E-state index contributed by atoms with van der Waals surface area (Å²) < 4.78 is 22.3. The van der Waals surface area contributed by atoms with E-state index in [0.717, 1.165) is 5.39 Å². The molecule has 0 spiro atoms. The number of carbonyl (C=O) groups excluding carboxylic acids is 2. The molecule has 2 aliphatic rings. The topological polar surface area (TPSA) is 108 Å². The molecular formula is C27H19NO7. The van der Waals surface area contributed by atoms with Gasteiger partial charge >= 0.3 is 5.97 Å². The molecular weight excluding hydrogens is 450 g/mol. The van der Waals surface area contributed by atoms with Crippen LogP contribution in [-0.2, 0) is 4.79 Å². The molecule has 35 heavy (non-hydrogen) atoms. The summed E-state index contributed by atoms with van der Waals surface area (Å²) in [7, 11) is 1.55. The van der Waals surface area contributed by atoms with Gasteiger partial charge in [-0.1, -0.05) is 0 Å². The number of allylic oxidation sites excluding steroid dienone is 1. The molecule has 4 heterocycles. The van der Waals surface area contributed by atoms with E-state index in [1.165, 1.54) is 6.08 Å². The molecule has 8 heteroatoms. The molecule has 1 atom stereocenters. The fourth-order valence-corrected chi connectivity index (χ4v) is 4.61. The zero-order valence-electron chi connectivity index (χ0n) is 18.8. The van der Waals surface area contributed by atoms with Crippen LogP contribution in [0.2, 0.25) is 0 Å². The second-order valence-electron chi connectivity index (χ2n) is 8.48. The number of H-pyrrole nitrogens is 1. The first-order valence-electron chi connectivity index (χ1n) is 11.0. The maximum absolute atomic E-state index is 13.1. The second-order valence-corrected chi connectivity index (χ2v) is 8.48. The highest BCUT2D eigenvalue weighted by molar-refractivity contribution is 6.15. The van der Waals surface area contributed by atoms with Crippen LogP contribution < -0.4 is 19.8 Å². The minimum Gasteiger partial charge on any atom is -0.497 e. The zero-order valence-corrected chi connectivity index (χ0v) is 18.8. The van der Waals surface area contributed by atoms with E-state index in [-0.39, 0.29) is 35.0 Å². The SMILES string of the molecule is COc1ccc2cc([C@@H]3CC(=O)Oc4ccc5c(c43)O/C(=C\c3ccc(C)o3)C5=O)c(=O)[nH]c2c1. The predicted molar refractivity (Wildman–Crippen MR) is 126 cm³/mol. The van der Waals surface area contributed by atoms with Crippen molar-refractivity contribution >= 4 is 28.7 Å². The average Bonchev–Trinajstić information content (AvgIpc) is 3.39. The van der Waals surface area contributed by atoms with Crippen molar-refractivity contribution < 1.29 is 28.2 Å². The zero-order chi connectivity index (χ0) is 24.3. The fourth-order valence-electron chi connectivity index (χ4n) is 4.61. The Bertz CT molecular complexity index is 1640. The number of aryl methyl sites for hydroxylation is 1. The first kappa shape index (κ1) is 21.0. The number of pyridine rings is 1. The first-order chi connectivity index (χ1) is 16.9. The maximum atomic E-state index is 13.1. The van der Waals surface area contributed by atoms with Crippen molar-refractivity contribution in [2.45, 2.75) is 19.3 Å². The largest absolute Gasteiger partial charge is 0.497 e. The summed E-state index contributed by atoms with van der Waals surface area (Å²) in [5.41, 5.74) is 1.47. The van der Waals surface area contributed by atoms with Gasteiger partial charge in [0.25, 0.3) is 5.56 Å². The Morgan fingerprint density at radius 1 is 1.03 bits per heavy atom. The molecule has 2 aliphatic heterocycles. The van der Waals surface area contributed by atoms with E-state index in [2.05, 4.69) is 4.98 Å². The summed E-state index contributed by atoms with van der Waals surface area (Å²) in [6.45, 7) is 1.81. The van der Waals surface area contributed by atoms with Crippen molar-refractivity contribution in [2.75, 3.05) is 7.11 Å². The van der Waals surface area contributed by atoms with Crippen LogP contribution in [0, 0.1) is 6.92 Å². The smallest absolute Gasteiger partial charge is 0.312 e. The van der Waals surface area contributed by atoms with Crippen LogP contribution in [0.3, 0.4) is 0 Å². The summed E-state index contributed by atoms with van der Waals surface area (Å²) in [6, 6.07) is 13.8. The lowest BCUT2D eigenvalue weighted by Crippen LogP contribution is -2.26. The number of hydrogen-bond donors (Lipinski definition) is 1. The number of methoxy groups -OCH3 is 1. The van der Waals surface area contributed by atoms with Gasteiger partial charge in [-0.3, -0.25) is 14.4 Å². The summed E-state index contributed by atoms with van der Waals surface area (Å²) in [4.78, 5) is 41.6. The van der Waals surface area contributed by atoms with Gasteiger partial charge in [0, 0.05) is 29.2 Å². The van der Waals surface area contributed by atoms with Crippen molar-refractivity contribution in [1.82, 2.24) is 4.98 Å². The van der Waals surface area contributed by atoms with Crippen LogP contribution in [-0.4, -0.2) is 23.8 Å². The molecule has 6 rings (SSSR count). The Kier molecular flexibility index (Phi) is 4.63. The number of esters is 1. The predicted octanol–water partition coefficient (Wildman–Crippen LogP) is 4.50. The lowest BCUT2D eigenvalue weighted by Gasteiger charge is -2.26. The molecule has 0 amide bonds. The van der Waals surface area contributed by atoms with E-state index in [9.17, 15) is 14.4 Å². The van der Waals surface area contributed by atoms with Gasteiger partial charge in [-0.25, -0.2) is 0 Å². The molecule has 174 valence electrons. The van der Waals surface area contributed by atoms with Gasteiger partial charge in [0.1, 0.15) is 28.8 Å². The molecule has 2 aromatic carbocycles. The van der Waals surface area contributed by atoms with Gasteiger partial charge in [-0.05, 0) is 54.8 Å². The van der Waals surface area contributed by atoms with Gasteiger partial charge < -0.3 is 23.6 Å². The molecule has 0 aliphatic carbocycles. The summed E-state index contributed by atoms with van der Waals surface area (Å²) >= 11 is 0. The van der Waals surface area contributed by atoms with E-state index in [4.69, 9.17) is 18.6 Å². The molecule has 0 unspecified atom stereocenters. The van der Waals surface area contributed by atoms with Crippen LogP contribution in [0.1, 0.15) is 45.3 Å². The number of aromatic nitrogens is 1.